The number of hydrogen-bond acceptors (Lipinski definition) is 4. The molecule has 5 nitrogen and oxygen atoms in total. The zero-order valence-electron chi connectivity index (χ0n) is 17.1. The molecule has 150 valence electrons. The molecule has 0 aliphatic heterocycles. The summed E-state index contributed by atoms with van der Waals surface area (Å²) in [5.74, 6) is 0.400. The lowest BCUT2D eigenvalue weighted by Gasteiger charge is -2.22. The second kappa shape index (κ2) is 7.48. The van der Waals surface area contributed by atoms with Crippen molar-refractivity contribution in [2.45, 2.75) is 64.2 Å². The van der Waals surface area contributed by atoms with Gasteiger partial charge in [0.15, 0.2) is 0 Å². The fourth-order valence-corrected chi connectivity index (χ4v) is 5.40. The Labute approximate surface area is 171 Å². The number of rotatable bonds is 5. The van der Waals surface area contributed by atoms with Crippen molar-refractivity contribution in [1.29, 1.82) is 0 Å². The summed E-state index contributed by atoms with van der Waals surface area (Å²) in [7, 11) is -3.93. The van der Waals surface area contributed by atoms with Gasteiger partial charge in [0.2, 0.25) is 0 Å². The molecular formula is C21H26ClN3O2S. The van der Waals surface area contributed by atoms with E-state index in [4.69, 9.17) is 11.6 Å². The van der Waals surface area contributed by atoms with Gasteiger partial charge in [-0.25, -0.2) is 0 Å². The van der Waals surface area contributed by atoms with Gasteiger partial charge in [0.25, 0.3) is 10.0 Å². The molecule has 3 aromatic rings. The number of nitrogens with zero attached hydrogens (tertiary/aromatic N) is 3. The predicted octanol–water partition coefficient (Wildman–Crippen LogP) is 5.69. The van der Waals surface area contributed by atoms with E-state index in [9.17, 15) is 8.42 Å². The van der Waals surface area contributed by atoms with Crippen molar-refractivity contribution in [2.75, 3.05) is 0 Å². The van der Waals surface area contributed by atoms with E-state index in [1.165, 1.54) is 0 Å². The Balaban J connectivity index is 2.37. The Morgan fingerprint density at radius 2 is 1.46 bits per heavy atom. The van der Waals surface area contributed by atoms with E-state index >= 15 is 0 Å². The first-order valence-electron chi connectivity index (χ1n) is 9.48. The molecule has 28 heavy (non-hydrogen) atoms. The first kappa shape index (κ1) is 20.8. The summed E-state index contributed by atoms with van der Waals surface area (Å²) < 4.78 is 28.5. The van der Waals surface area contributed by atoms with Crippen molar-refractivity contribution in [3.8, 4) is 0 Å². The summed E-state index contributed by atoms with van der Waals surface area (Å²) in [6.07, 6.45) is 0. The Kier molecular flexibility index (Phi) is 5.56. The third-order valence-electron chi connectivity index (χ3n) is 4.94. The summed E-state index contributed by atoms with van der Waals surface area (Å²) in [6.45, 7) is 12.3. The molecule has 1 aromatic heterocycles. The molecule has 0 atom stereocenters. The molecule has 0 bridgehead atoms. The standard InChI is InChI=1S/C21H26ClN3O2S/c1-12(2)15-9-17(13(3)4)21(18(10-15)14(5)6)28(26,27)25-20-8-7-16(22)11-19(20)23-24-25/h7-14H,1-6H3. The summed E-state index contributed by atoms with van der Waals surface area (Å²) in [5.41, 5.74) is 3.63. The van der Waals surface area contributed by atoms with Crippen molar-refractivity contribution in [3.05, 3.63) is 52.0 Å². The topological polar surface area (TPSA) is 64.8 Å². The largest absolute Gasteiger partial charge is 0.285 e. The van der Waals surface area contributed by atoms with Crippen LogP contribution in [0.25, 0.3) is 11.0 Å². The van der Waals surface area contributed by atoms with Gasteiger partial charge in [-0.15, -0.1) is 9.19 Å². The number of fused-ring (bicyclic) bond motifs is 1. The van der Waals surface area contributed by atoms with Gasteiger partial charge in [0.05, 0.1) is 4.90 Å². The van der Waals surface area contributed by atoms with Crippen LogP contribution < -0.4 is 0 Å². The van der Waals surface area contributed by atoms with Gasteiger partial charge >= 0.3 is 0 Å². The summed E-state index contributed by atoms with van der Waals surface area (Å²) in [5, 5.41) is 8.47. The van der Waals surface area contributed by atoms with Crippen LogP contribution in [0.2, 0.25) is 5.02 Å². The molecule has 0 saturated heterocycles. The molecule has 0 unspecified atom stereocenters. The zero-order valence-corrected chi connectivity index (χ0v) is 18.6. The summed E-state index contributed by atoms with van der Waals surface area (Å²) in [4.78, 5) is 0.337. The second-order valence-corrected chi connectivity index (χ2v) is 10.2. The molecule has 0 spiro atoms. The van der Waals surface area contributed by atoms with Crippen LogP contribution in [0.1, 0.15) is 76.0 Å². The normalized spacial score (nSPS) is 12.6. The van der Waals surface area contributed by atoms with Gasteiger partial charge in [-0.3, -0.25) is 0 Å². The van der Waals surface area contributed by atoms with Crippen molar-refractivity contribution in [3.63, 3.8) is 0 Å². The molecule has 0 aliphatic rings. The second-order valence-electron chi connectivity index (χ2n) is 8.06. The van der Waals surface area contributed by atoms with E-state index in [-0.39, 0.29) is 11.8 Å². The van der Waals surface area contributed by atoms with Crippen LogP contribution in [0, 0.1) is 0 Å². The number of hydrogen-bond donors (Lipinski definition) is 0. The van der Waals surface area contributed by atoms with E-state index in [0.717, 1.165) is 20.8 Å². The van der Waals surface area contributed by atoms with E-state index < -0.39 is 10.0 Å². The minimum atomic E-state index is -3.93. The van der Waals surface area contributed by atoms with Gasteiger partial charge in [-0.1, -0.05) is 70.5 Å². The van der Waals surface area contributed by atoms with Crippen LogP contribution in [0.5, 0.6) is 0 Å². The van der Waals surface area contributed by atoms with E-state index in [0.29, 0.717) is 26.9 Å². The van der Waals surface area contributed by atoms with Gasteiger partial charge < -0.3 is 0 Å². The highest BCUT2D eigenvalue weighted by Crippen LogP contribution is 2.36. The molecule has 0 fully saturated rings. The van der Waals surface area contributed by atoms with Crippen LogP contribution in [-0.2, 0) is 10.0 Å². The van der Waals surface area contributed by atoms with Crippen molar-refractivity contribution in [1.82, 2.24) is 14.4 Å². The van der Waals surface area contributed by atoms with Gasteiger partial charge in [0, 0.05) is 5.02 Å². The Morgan fingerprint density at radius 1 is 0.893 bits per heavy atom. The van der Waals surface area contributed by atoms with Crippen molar-refractivity contribution < 1.29 is 8.42 Å². The molecule has 0 aliphatic carbocycles. The van der Waals surface area contributed by atoms with E-state index in [1.54, 1.807) is 18.2 Å². The molecule has 2 aromatic carbocycles. The SMILES string of the molecule is CC(C)c1cc(C(C)C)c(S(=O)(=O)n2nnc3cc(Cl)ccc32)c(C(C)C)c1. The molecule has 0 amide bonds. The molecule has 0 radical (unpaired) electrons. The lowest BCUT2D eigenvalue weighted by Crippen LogP contribution is -2.20. The lowest BCUT2D eigenvalue weighted by atomic mass is 9.89. The lowest BCUT2D eigenvalue weighted by molar-refractivity contribution is 0.574. The van der Waals surface area contributed by atoms with Gasteiger partial charge in [-0.05, 0) is 52.6 Å². The van der Waals surface area contributed by atoms with Crippen LogP contribution in [0.15, 0.2) is 35.2 Å². The molecule has 7 heteroatoms. The minimum Gasteiger partial charge on any atom is -0.199 e. The number of aromatic nitrogens is 3. The smallest absolute Gasteiger partial charge is 0.199 e. The minimum absolute atomic E-state index is 0.0465. The van der Waals surface area contributed by atoms with E-state index in [2.05, 4.69) is 24.2 Å². The van der Waals surface area contributed by atoms with Crippen LogP contribution >= 0.6 is 11.6 Å². The van der Waals surface area contributed by atoms with Crippen LogP contribution in [0.4, 0.5) is 0 Å². The highest BCUT2D eigenvalue weighted by atomic mass is 35.5. The first-order chi connectivity index (χ1) is 13.0. The maximum atomic E-state index is 13.8. The first-order valence-corrected chi connectivity index (χ1v) is 11.3. The molecule has 1 heterocycles. The van der Waals surface area contributed by atoms with Crippen LogP contribution in [0.3, 0.4) is 0 Å². The number of benzene rings is 2. The summed E-state index contributed by atoms with van der Waals surface area (Å²) >= 11 is 6.01. The molecule has 3 rings (SSSR count). The zero-order chi connectivity index (χ0) is 20.8. The maximum Gasteiger partial charge on any atom is 0.285 e. The van der Waals surface area contributed by atoms with Gasteiger partial charge in [-0.2, -0.15) is 8.42 Å². The fourth-order valence-electron chi connectivity index (χ4n) is 3.33. The predicted molar refractivity (Wildman–Crippen MR) is 114 cm³/mol. The molecule has 0 N–H and O–H groups in total. The van der Waals surface area contributed by atoms with Gasteiger partial charge in [0.1, 0.15) is 11.0 Å². The van der Waals surface area contributed by atoms with Crippen molar-refractivity contribution in [2.24, 2.45) is 0 Å². The third-order valence-corrected chi connectivity index (χ3v) is 6.89. The Morgan fingerprint density at radius 3 is 1.96 bits per heavy atom. The van der Waals surface area contributed by atoms with Crippen molar-refractivity contribution >= 4 is 32.7 Å². The average molecular weight is 420 g/mol. The highest BCUT2D eigenvalue weighted by Gasteiger charge is 2.30. The monoisotopic (exact) mass is 419 g/mol. The maximum absolute atomic E-state index is 13.8. The Bertz CT molecular complexity index is 1100. The summed E-state index contributed by atoms with van der Waals surface area (Å²) in [6, 6.07) is 8.94. The number of halogens is 1. The Hall–Kier alpha value is -1.92. The molecule has 0 saturated carbocycles. The quantitative estimate of drug-likeness (QED) is 0.532. The van der Waals surface area contributed by atoms with Crippen LogP contribution in [-0.4, -0.2) is 22.8 Å². The third kappa shape index (κ3) is 3.55. The highest BCUT2D eigenvalue weighted by molar-refractivity contribution is 7.90. The average Bonchev–Trinajstić information content (AvgIpc) is 3.03. The van der Waals surface area contributed by atoms with E-state index in [1.807, 2.05) is 39.8 Å². The molecular weight excluding hydrogens is 394 g/mol. The fraction of sp³-hybridized carbons (Fsp3) is 0.429.